The number of hydrogen-bond acceptors (Lipinski definition) is 6. The Labute approximate surface area is 121 Å². The Morgan fingerprint density at radius 3 is 2.71 bits per heavy atom. The van der Waals surface area contributed by atoms with Crippen molar-refractivity contribution >= 4 is 11.9 Å². The van der Waals surface area contributed by atoms with Crippen LogP contribution in [0.15, 0.2) is 35.3 Å². The zero-order chi connectivity index (χ0) is 15.5. The zero-order valence-corrected chi connectivity index (χ0v) is 11.8. The molecule has 0 bridgehead atoms. The summed E-state index contributed by atoms with van der Waals surface area (Å²) in [7, 11) is 1.24. The number of rotatable bonds is 5. The van der Waals surface area contributed by atoms with Crippen LogP contribution in [0.25, 0.3) is 0 Å². The van der Waals surface area contributed by atoms with Crippen LogP contribution in [-0.2, 0) is 14.3 Å². The first kappa shape index (κ1) is 15.0. The number of nitrogens with zero attached hydrogens (tertiary/aromatic N) is 2. The Morgan fingerprint density at radius 1 is 1.48 bits per heavy atom. The molecule has 1 aromatic rings. The van der Waals surface area contributed by atoms with Gasteiger partial charge in [0.1, 0.15) is 6.10 Å². The Kier molecular flexibility index (Phi) is 4.21. The smallest absolute Gasteiger partial charge is 0.338 e. The van der Waals surface area contributed by atoms with Gasteiger partial charge in [0.15, 0.2) is 0 Å². The molecular weight excluding hydrogens is 276 g/mol. The molecule has 0 radical (unpaired) electrons. The van der Waals surface area contributed by atoms with Crippen LogP contribution in [0, 0.1) is 10.1 Å². The third-order valence-electron chi connectivity index (χ3n) is 3.50. The summed E-state index contributed by atoms with van der Waals surface area (Å²) < 4.78 is 10.4. The van der Waals surface area contributed by atoms with E-state index in [1.807, 2.05) is 18.2 Å². The van der Waals surface area contributed by atoms with Crippen molar-refractivity contribution in [3.8, 4) is 0 Å². The summed E-state index contributed by atoms with van der Waals surface area (Å²) in [5.74, 6) is -0.320. The first-order chi connectivity index (χ1) is 9.99. The number of benzene rings is 1. The van der Waals surface area contributed by atoms with Gasteiger partial charge in [-0.2, -0.15) is 0 Å². The minimum Gasteiger partial charge on any atom is -0.471 e. The number of hydrogen-bond donors (Lipinski definition) is 0. The lowest BCUT2D eigenvalue weighted by molar-refractivity contribution is -0.481. The molecule has 0 unspecified atom stereocenters. The highest BCUT2D eigenvalue weighted by atomic mass is 16.6. The summed E-state index contributed by atoms with van der Waals surface area (Å²) in [6, 6.07) is 9.09. The SMILES string of the molecule is COC(=O)[C@]1(CC[N+](=O)[O-])N=C(c2ccccc2)O[C@H]1C. The summed E-state index contributed by atoms with van der Waals surface area (Å²) in [6.45, 7) is 1.28. The van der Waals surface area contributed by atoms with Crippen molar-refractivity contribution in [3.05, 3.63) is 46.0 Å². The van der Waals surface area contributed by atoms with Crippen LogP contribution in [0.4, 0.5) is 0 Å². The van der Waals surface area contributed by atoms with Gasteiger partial charge >= 0.3 is 5.97 Å². The fourth-order valence-electron chi connectivity index (χ4n) is 2.29. The number of ether oxygens (including phenoxy) is 2. The van der Waals surface area contributed by atoms with Crippen molar-refractivity contribution in [1.29, 1.82) is 0 Å². The highest BCUT2D eigenvalue weighted by Crippen LogP contribution is 2.32. The Bertz CT molecular complexity index is 572. The molecular formula is C14H16N2O5. The number of aliphatic imine (C=N–C) groups is 1. The fourth-order valence-corrected chi connectivity index (χ4v) is 2.29. The van der Waals surface area contributed by atoms with Crippen LogP contribution in [0.2, 0.25) is 0 Å². The quantitative estimate of drug-likeness (QED) is 0.465. The molecule has 7 nitrogen and oxygen atoms in total. The third-order valence-corrected chi connectivity index (χ3v) is 3.50. The van der Waals surface area contributed by atoms with Gasteiger partial charge in [-0.3, -0.25) is 10.1 Å². The topological polar surface area (TPSA) is 91.0 Å². The third kappa shape index (κ3) is 2.86. The molecule has 0 aromatic heterocycles. The maximum atomic E-state index is 12.1. The van der Waals surface area contributed by atoms with E-state index in [2.05, 4.69) is 4.99 Å². The molecule has 0 fully saturated rings. The molecule has 112 valence electrons. The molecule has 21 heavy (non-hydrogen) atoms. The molecule has 7 heteroatoms. The molecule has 0 aliphatic carbocycles. The first-order valence-corrected chi connectivity index (χ1v) is 6.52. The number of carbonyl (C=O) groups is 1. The van der Waals surface area contributed by atoms with Gasteiger partial charge in [-0.05, 0) is 19.1 Å². The number of carbonyl (C=O) groups excluding carboxylic acids is 1. The van der Waals surface area contributed by atoms with Crippen LogP contribution in [0.5, 0.6) is 0 Å². The Hall–Kier alpha value is -2.44. The van der Waals surface area contributed by atoms with E-state index in [-0.39, 0.29) is 13.0 Å². The fraction of sp³-hybridized carbons (Fsp3) is 0.429. The first-order valence-electron chi connectivity index (χ1n) is 6.52. The summed E-state index contributed by atoms with van der Waals surface area (Å²) in [5, 5.41) is 10.6. The van der Waals surface area contributed by atoms with Crippen LogP contribution in [0.3, 0.4) is 0 Å². The molecule has 1 aliphatic rings. The average Bonchev–Trinajstić information content (AvgIpc) is 2.83. The number of nitro groups is 1. The van der Waals surface area contributed by atoms with Crippen molar-refractivity contribution in [2.75, 3.05) is 13.7 Å². The monoisotopic (exact) mass is 292 g/mol. The molecule has 1 aromatic carbocycles. The second-order valence-electron chi connectivity index (χ2n) is 4.77. The van der Waals surface area contributed by atoms with Crippen molar-refractivity contribution in [1.82, 2.24) is 0 Å². The highest BCUT2D eigenvalue weighted by Gasteiger charge is 2.52. The van der Waals surface area contributed by atoms with Gasteiger partial charge in [-0.1, -0.05) is 18.2 Å². The predicted octanol–water partition coefficient (Wildman–Crippen LogP) is 1.43. The molecule has 1 aliphatic heterocycles. The summed E-state index contributed by atoms with van der Waals surface area (Å²) in [4.78, 5) is 26.6. The molecule has 0 N–H and O–H groups in total. The normalized spacial score (nSPS) is 24.1. The van der Waals surface area contributed by atoms with Gasteiger partial charge in [-0.25, -0.2) is 9.79 Å². The van der Waals surface area contributed by atoms with Gasteiger partial charge in [0.25, 0.3) is 0 Å². The minimum atomic E-state index is -1.37. The second kappa shape index (κ2) is 5.90. The maximum absolute atomic E-state index is 12.1. The summed E-state index contributed by atoms with van der Waals surface area (Å²) >= 11 is 0. The molecule has 0 spiro atoms. The average molecular weight is 292 g/mol. The van der Waals surface area contributed by atoms with E-state index < -0.39 is 22.5 Å². The lowest BCUT2D eigenvalue weighted by Crippen LogP contribution is -2.46. The van der Waals surface area contributed by atoms with Crippen LogP contribution < -0.4 is 0 Å². The van der Waals surface area contributed by atoms with Gasteiger partial charge in [0.2, 0.25) is 18.0 Å². The summed E-state index contributed by atoms with van der Waals surface area (Å²) in [6.07, 6.45) is -0.690. The number of methoxy groups -OCH3 is 1. The van der Waals surface area contributed by atoms with Gasteiger partial charge < -0.3 is 9.47 Å². The van der Waals surface area contributed by atoms with E-state index in [9.17, 15) is 14.9 Å². The second-order valence-corrected chi connectivity index (χ2v) is 4.77. The van der Waals surface area contributed by atoms with Crippen molar-refractivity contribution in [2.45, 2.75) is 25.0 Å². The summed E-state index contributed by atoms with van der Waals surface area (Å²) in [5.41, 5.74) is -0.649. The van der Waals surface area contributed by atoms with E-state index in [1.165, 1.54) is 7.11 Å². The standard InChI is InChI=1S/C14H16N2O5/c1-10-14(13(17)20-2,8-9-16(18)19)15-12(21-10)11-6-4-3-5-7-11/h3-7,10H,8-9H2,1-2H3/t10-,14+/m0/s1. The molecule has 2 atom stereocenters. The van der Waals surface area contributed by atoms with Crippen LogP contribution >= 0.6 is 0 Å². The Morgan fingerprint density at radius 2 is 2.14 bits per heavy atom. The molecule has 2 rings (SSSR count). The van der Waals surface area contributed by atoms with Crippen molar-refractivity contribution < 1.29 is 19.2 Å². The predicted molar refractivity (Wildman–Crippen MR) is 74.8 cm³/mol. The lowest BCUT2D eigenvalue weighted by atomic mass is 9.90. The van der Waals surface area contributed by atoms with Crippen molar-refractivity contribution in [3.63, 3.8) is 0 Å². The van der Waals surface area contributed by atoms with Gasteiger partial charge in [-0.15, -0.1) is 0 Å². The number of esters is 1. The van der Waals surface area contributed by atoms with E-state index in [4.69, 9.17) is 9.47 Å². The van der Waals surface area contributed by atoms with Crippen LogP contribution in [0.1, 0.15) is 18.9 Å². The van der Waals surface area contributed by atoms with Gasteiger partial charge in [0.05, 0.1) is 13.5 Å². The molecule has 0 saturated carbocycles. The molecule has 0 amide bonds. The zero-order valence-electron chi connectivity index (χ0n) is 11.8. The van der Waals surface area contributed by atoms with E-state index in [0.29, 0.717) is 5.90 Å². The molecule has 0 saturated heterocycles. The van der Waals surface area contributed by atoms with E-state index in [0.717, 1.165) is 5.56 Å². The minimum absolute atomic E-state index is 0.0653. The largest absolute Gasteiger partial charge is 0.471 e. The maximum Gasteiger partial charge on any atom is 0.338 e. The highest BCUT2D eigenvalue weighted by molar-refractivity contribution is 5.99. The Balaban J connectivity index is 2.37. The van der Waals surface area contributed by atoms with E-state index in [1.54, 1.807) is 19.1 Å². The van der Waals surface area contributed by atoms with E-state index >= 15 is 0 Å². The van der Waals surface area contributed by atoms with Crippen molar-refractivity contribution in [2.24, 2.45) is 4.99 Å². The molecule has 1 heterocycles. The van der Waals surface area contributed by atoms with Crippen LogP contribution in [-0.4, -0.2) is 42.1 Å². The van der Waals surface area contributed by atoms with Gasteiger partial charge in [0, 0.05) is 10.5 Å². The lowest BCUT2D eigenvalue weighted by Gasteiger charge is -2.24.